The van der Waals surface area contributed by atoms with E-state index >= 15 is 0 Å². The second kappa shape index (κ2) is 7.35. The highest BCUT2D eigenvalue weighted by Crippen LogP contribution is 2.27. The zero-order valence-corrected chi connectivity index (χ0v) is 17.2. The molecule has 0 unspecified atom stereocenters. The Hall–Kier alpha value is -4.46. The van der Waals surface area contributed by atoms with Crippen LogP contribution in [0, 0.1) is 0 Å². The summed E-state index contributed by atoms with van der Waals surface area (Å²) in [6, 6.07) is 15.6. The summed E-state index contributed by atoms with van der Waals surface area (Å²) < 4.78 is 0. The van der Waals surface area contributed by atoms with Crippen molar-refractivity contribution in [1.82, 2.24) is 39.9 Å². The average molecular weight is 418 g/mol. The molecule has 8 heteroatoms. The van der Waals surface area contributed by atoms with Crippen LogP contribution in [0.2, 0.25) is 0 Å². The van der Waals surface area contributed by atoms with Crippen LogP contribution in [0.15, 0.2) is 73.3 Å². The van der Waals surface area contributed by atoms with Crippen LogP contribution < -0.4 is 0 Å². The Morgan fingerprint density at radius 2 is 1.06 bits per heavy atom. The highest BCUT2D eigenvalue weighted by molar-refractivity contribution is 5.82. The maximum absolute atomic E-state index is 4.82. The molecule has 2 N–H and O–H groups in total. The van der Waals surface area contributed by atoms with Crippen molar-refractivity contribution >= 4 is 22.1 Å². The maximum atomic E-state index is 4.82. The van der Waals surface area contributed by atoms with Gasteiger partial charge in [-0.05, 0) is 55.5 Å². The Labute approximate surface area is 182 Å². The fourth-order valence-corrected chi connectivity index (χ4v) is 3.77. The second-order valence-corrected chi connectivity index (χ2v) is 7.57. The van der Waals surface area contributed by atoms with Crippen LogP contribution in [0.5, 0.6) is 0 Å². The van der Waals surface area contributed by atoms with Crippen LogP contribution in [-0.2, 0) is 0 Å². The highest BCUT2D eigenvalue weighted by atomic mass is 15.0. The number of nitrogens with one attached hydrogen (secondary N) is 2. The number of aromatic nitrogens is 8. The molecule has 0 saturated heterocycles. The Morgan fingerprint density at radius 1 is 0.625 bits per heavy atom. The first-order chi connectivity index (χ1) is 15.7. The van der Waals surface area contributed by atoms with Gasteiger partial charge in [0.15, 0.2) is 11.6 Å². The van der Waals surface area contributed by atoms with Crippen molar-refractivity contribution in [3.63, 3.8) is 0 Å². The summed E-state index contributed by atoms with van der Waals surface area (Å²) in [6.07, 6.45) is 6.95. The van der Waals surface area contributed by atoms with Crippen molar-refractivity contribution in [1.29, 1.82) is 0 Å². The molecule has 0 bridgehead atoms. The normalized spacial score (nSPS) is 11.6. The molecular formula is C24H18N8. The predicted molar refractivity (Wildman–Crippen MR) is 122 cm³/mol. The summed E-state index contributed by atoms with van der Waals surface area (Å²) in [7, 11) is 0. The van der Waals surface area contributed by atoms with E-state index in [1.165, 1.54) is 0 Å². The van der Waals surface area contributed by atoms with Crippen molar-refractivity contribution in [3.05, 3.63) is 85.0 Å². The molecule has 0 aliphatic rings. The lowest BCUT2D eigenvalue weighted by molar-refractivity contribution is 0.790. The SMILES string of the molecule is CC(c1nc2cc(-c3ncccn3)ccc2[nH]1)c1nc2cc(-c3ncccn3)ccc2[nH]1. The summed E-state index contributed by atoms with van der Waals surface area (Å²) >= 11 is 0. The average Bonchev–Trinajstić information content (AvgIpc) is 3.48. The minimum atomic E-state index is -0.0392. The summed E-state index contributed by atoms with van der Waals surface area (Å²) in [4.78, 5) is 33.8. The number of nitrogens with zero attached hydrogens (tertiary/aromatic N) is 6. The molecule has 0 radical (unpaired) electrons. The minimum absolute atomic E-state index is 0.0392. The lowest BCUT2D eigenvalue weighted by Gasteiger charge is -2.03. The quantitative estimate of drug-likeness (QED) is 0.436. The molecule has 154 valence electrons. The van der Waals surface area contributed by atoms with Gasteiger partial charge in [-0.3, -0.25) is 0 Å². The van der Waals surface area contributed by atoms with E-state index in [0.717, 1.165) is 44.8 Å². The molecule has 0 saturated carbocycles. The lowest BCUT2D eigenvalue weighted by Crippen LogP contribution is -2.00. The summed E-state index contributed by atoms with van der Waals surface area (Å²) in [5, 5.41) is 0. The number of hydrogen-bond acceptors (Lipinski definition) is 6. The predicted octanol–water partition coefficient (Wildman–Crippen LogP) is 4.51. The van der Waals surface area contributed by atoms with Crippen molar-refractivity contribution in [3.8, 4) is 22.8 Å². The molecule has 32 heavy (non-hydrogen) atoms. The Balaban J connectivity index is 1.34. The highest BCUT2D eigenvalue weighted by Gasteiger charge is 2.18. The molecule has 0 aliphatic carbocycles. The zero-order valence-electron chi connectivity index (χ0n) is 17.2. The van der Waals surface area contributed by atoms with Gasteiger partial charge in [0.2, 0.25) is 0 Å². The summed E-state index contributed by atoms with van der Waals surface area (Å²) in [5.41, 5.74) is 5.54. The number of hydrogen-bond donors (Lipinski definition) is 2. The molecule has 2 aromatic carbocycles. The van der Waals surface area contributed by atoms with Crippen LogP contribution >= 0.6 is 0 Å². The minimum Gasteiger partial charge on any atom is -0.341 e. The first-order valence-electron chi connectivity index (χ1n) is 10.3. The van der Waals surface area contributed by atoms with Gasteiger partial charge in [-0.25, -0.2) is 29.9 Å². The first kappa shape index (κ1) is 18.3. The van der Waals surface area contributed by atoms with Crippen LogP contribution in [0.25, 0.3) is 44.8 Å². The van der Waals surface area contributed by atoms with E-state index in [0.29, 0.717) is 11.6 Å². The van der Waals surface area contributed by atoms with Crippen molar-refractivity contribution in [2.75, 3.05) is 0 Å². The van der Waals surface area contributed by atoms with E-state index < -0.39 is 0 Å². The van der Waals surface area contributed by atoms with E-state index in [4.69, 9.17) is 9.97 Å². The number of fused-ring (bicyclic) bond motifs is 2. The number of rotatable bonds is 4. The first-order valence-corrected chi connectivity index (χ1v) is 10.3. The number of benzene rings is 2. The topological polar surface area (TPSA) is 109 Å². The Kier molecular flexibility index (Phi) is 4.21. The maximum Gasteiger partial charge on any atom is 0.159 e. The van der Waals surface area contributed by atoms with Gasteiger partial charge in [0.1, 0.15) is 11.6 Å². The molecule has 4 aromatic heterocycles. The van der Waals surface area contributed by atoms with Crippen LogP contribution in [0.1, 0.15) is 24.5 Å². The van der Waals surface area contributed by atoms with E-state index in [9.17, 15) is 0 Å². The smallest absolute Gasteiger partial charge is 0.159 e. The molecule has 0 fully saturated rings. The number of H-pyrrole nitrogens is 2. The van der Waals surface area contributed by atoms with Crippen LogP contribution in [-0.4, -0.2) is 39.9 Å². The standard InChI is InChI=1S/C24H18N8/c1-14(21-29-17-6-4-15(12-19(17)31-21)23-25-8-2-9-26-23)22-30-18-7-5-16(13-20(18)32-22)24-27-10-3-11-28-24/h2-14H,1H3,(H,29,31)(H,30,32). The molecule has 6 aromatic rings. The molecule has 0 spiro atoms. The molecule has 4 heterocycles. The molecule has 0 amide bonds. The molecule has 0 aliphatic heterocycles. The van der Waals surface area contributed by atoms with Crippen LogP contribution in [0.3, 0.4) is 0 Å². The Bertz CT molecular complexity index is 1420. The van der Waals surface area contributed by atoms with Crippen LogP contribution in [0.4, 0.5) is 0 Å². The summed E-state index contributed by atoms with van der Waals surface area (Å²) in [6.45, 7) is 2.08. The largest absolute Gasteiger partial charge is 0.341 e. The van der Waals surface area contributed by atoms with Crippen molar-refractivity contribution in [2.24, 2.45) is 0 Å². The molecule has 8 nitrogen and oxygen atoms in total. The van der Waals surface area contributed by atoms with E-state index in [1.54, 1.807) is 36.9 Å². The van der Waals surface area contributed by atoms with Gasteiger partial charge in [-0.2, -0.15) is 0 Å². The third kappa shape index (κ3) is 3.18. The van der Waals surface area contributed by atoms with E-state index in [-0.39, 0.29) is 5.92 Å². The lowest BCUT2D eigenvalue weighted by atomic mass is 10.1. The van der Waals surface area contributed by atoms with E-state index in [2.05, 4.69) is 36.8 Å². The molecule has 0 atom stereocenters. The Morgan fingerprint density at radius 3 is 1.50 bits per heavy atom. The number of imidazole rings is 2. The fourth-order valence-electron chi connectivity index (χ4n) is 3.77. The van der Waals surface area contributed by atoms with Gasteiger partial charge in [0.25, 0.3) is 0 Å². The third-order valence-electron chi connectivity index (χ3n) is 5.47. The third-order valence-corrected chi connectivity index (χ3v) is 5.47. The van der Waals surface area contributed by atoms with Gasteiger partial charge in [-0.15, -0.1) is 0 Å². The van der Waals surface area contributed by atoms with E-state index in [1.807, 2.05) is 36.4 Å². The van der Waals surface area contributed by atoms with Gasteiger partial charge < -0.3 is 9.97 Å². The molecule has 6 rings (SSSR count). The van der Waals surface area contributed by atoms with Gasteiger partial charge >= 0.3 is 0 Å². The van der Waals surface area contributed by atoms with Crippen molar-refractivity contribution in [2.45, 2.75) is 12.8 Å². The zero-order chi connectivity index (χ0) is 21.5. The second-order valence-electron chi connectivity index (χ2n) is 7.57. The molecular weight excluding hydrogens is 400 g/mol. The fraction of sp³-hybridized carbons (Fsp3) is 0.0833. The summed E-state index contributed by atoms with van der Waals surface area (Å²) in [5.74, 6) is 3.02. The van der Waals surface area contributed by atoms with Gasteiger partial charge in [-0.1, -0.05) is 0 Å². The number of aromatic amines is 2. The monoisotopic (exact) mass is 418 g/mol. The van der Waals surface area contributed by atoms with Gasteiger partial charge in [0.05, 0.1) is 28.0 Å². The van der Waals surface area contributed by atoms with Gasteiger partial charge in [0, 0.05) is 35.9 Å². The van der Waals surface area contributed by atoms with Crippen molar-refractivity contribution < 1.29 is 0 Å².